The van der Waals surface area contributed by atoms with Crippen LogP contribution in [0.1, 0.15) is 0 Å². The maximum Gasteiger partial charge on any atom is 0.446 e. The first-order valence-corrected chi connectivity index (χ1v) is 7.86. The van der Waals surface area contributed by atoms with Crippen LogP contribution < -0.4 is 9.61 Å². The third-order valence-electron chi connectivity index (χ3n) is 3.15. The van der Waals surface area contributed by atoms with Gasteiger partial charge in [0.2, 0.25) is 0 Å². The van der Waals surface area contributed by atoms with Crippen LogP contribution in [0.15, 0.2) is 51.7 Å². The Morgan fingerprint density at radius 3 is 2.46 bits per heavy atom. The Labute approximate surface area is 135 Å². The van der Waals surface area contributed by atoms with Crippen molar-refractivity contribution < 1.29 is 31.8 Å². The third kappa shape index (κ3) is 3.16. The predicted molar refractivity (Wildman–Crippen MR) is 83.4 cm³/mol. The van der Waals surface area contributed by atoms with Crippen molar-refractivity contribution in [2.75, 3.05) is 0 Å². The van der Waals surface area contributed by atoms with Gasteiger partial charge in [0.1, 0.15) is 17.1 Å². The van der Waals surface area contributed by atoms with Crippen LogP contribution in [0, 0.1) is 0 Å². The number of phenolic OH excluding ortho intramolecular Hbond substituents is 2. The highest BCUT2D eigenvalue weighted by molar-refractivity contribution is 7.81. The van der Waals surface area contributed by atoms with E-state index in [-0.39, 0.29) is 33.5 Å². The fourth-order valence-corrected chi connectivity index (χ4v) is 2.49. The Bertz CT molecular complexity index is 1100. The Kier molecular flexibility index (Phi) is 3.66. The molecule has 0 unspecified atom stereocenters. The van der Waals surface area contributed by atoms with Gasteiger partial charge in [0.15, 0.2) is 16.9 Å². The van der Waals surface area contributed by atoms with Crippen molar-refractivity contribution in [3.63, 3.8) is 0 Å². The summed E-state index contributed by atoms with van der Waals surface area (Å²) in [5.74, 6) is -1.10. The molecule has 0 saturated carbocycles. The van der Waals surface area contributed by atoms with Crippen molar-refractivity contribution in [1.82, 2.24) is 0 Å². The highest BCUT2D eigenvalue weighted by Gasteiger charge is 2.15. The van der Waals surface area contributed by atoms with Crippen LogP contribution in [0.25, 0.3) is 22.3 Å². The van der Waals surface area contributed by atoms with E-state index in [4.69, 9.17) is 8.97 Å². The molecule has 0 aliphatic heterocycles. The molecule has 3 aromatic rings. The lowest BCUT2D eigenvalue weighted by atomic mass is 10.1. The van der Waals surface area contributed by atoms with E-state index in [0.717, 1.165) is 12.1 Å². The number of rotatable bonds is 3. The minimum Gasteiger partial charge on any atom is -0.508 e. The van der Waals surface area contributed by atoms with E-state index in [1.807, 2.05) is 0 Å². The summed E-state index contributed by atoms with van der Waals surface area (Å²) in [6.45, 7) is 0. The fourth-order valence-electron chi connectivity index (χ4n) is 2.13. The van der Waals surface area contributed by atoms with Gasteiger partial charge in [-0.05, 0) is 30.3 Å². The van der Waals surface area contributed by atoms with Gasteiger partial charge in [0.05, 0.1) is 5.39 Å². The molecule has 24 heavy (non-hydrogen) atoms. The summed E-state index contributed by atoms with van der Waals surface area (Å²) < 4.78 is 40.1. The van der Waals surface area contributed by atoms with Crippen molar-refractivity contribution in [2.45, 2.75) is 0 Å². The predicted octanol–water partition coefficient (Wildman–Crippen LogP) is 2.05. The molecule has 0 fully saturated rings. The lowest BCUT2D eigenvalue weighted by Crippen LogP contribution is -2.07. The number of hydrogen-bond acceptors (Lipinski definition) is 7. The molecular formula is C15H10O8S. The van der Waals surface area contributed by atoms with E-state index >= 15 is 0 Å². The van der Waals surface area contributed by atoms with Crippen LogP contribution in [0.5, 0.6) is 17.2 Å². The second-order valence-corrected chi connectivity index (χ2v) is 5.87. The van der Waals surface area contributed by atoms with Crippen molar-refractivity contribution in [2.24, 2.45) is 0 Å². The summed E-state index contributed by atoms with van der Waals surface area (Å²) >= 11 is 0. The average Bonchev–Trinajstić information content (AvgIpc) is 2.47. The molecule has 1 heterocycles. The maximum absolute atomic E-state index is 12.1. The van der Waals surface area contributed by atoms with Gasteiger partial charge >= 0.3 is 10.4 Å². The van der Waals surface area contributed by atoms with Gasteiger partial charge in [0.25, 0.3) is 0 Å². The maximum atomic E-state index is 12.1. The van der Waals surface area contributed by atoms with E-state index in [9.17, 15) is 23.4 Å². The summed E-state index contributed by atoms with van der Waals surface area (Å²) in [5.41, 5.74) is -0.0341. The molecule has 0 bridgehead atoms. The molecule has 2 aromatic carbocycles. The molecule has 0 aliphatic rings. The second-order valence-electron chi connectivity index (χ2n) is 4.85. The van der Waals surface area contributed by atoms with Crippen LogP contribution in [0.2, 0.25) is 0 Å². The Hall–Kier alpha value is -3.04. The van der Waals surface area contributed by atoms with E-state index in [1.165, 1.54) is 30.3 Å². The molecule has 0 spiro atoms. The number of hydrogen-bond donors (Lipinski definition) is 3. The first-order valence-electron chi connectivity index (χ1n) is 6.50. The Morgan fingerprint density at radius 2 is 1.75 bits per heavy atom. The minimum absolute atomic E-state index is 0.0540. The Morgan fingerprint density at radius 1 is 1.00 bits per heavy atom. The topological polar surface area (TPSA) is 134 Å². The van der Waals surface area contributed by atoms with Crippen LogP contribution in [0.4, 0.5) is 0 Å². The summed E-state index contributed by atoms with van der Waals surface area (Å²) in [6, 6.07) is 8.73. The van der Waals surface area contributed by atoms with Crippen molar-refractivity contribution in [1.29, 1.82) is 0 Å². The highest BCUT2D eigenvalue weighted by Crippen LogP contribution is 2.33. The molecule has 124 valence electrons. The molecule has 1 aromatic heterocycles. The molecule has 9 heteroatoms. The minimum atomic E-state index is -4.83. The van der Waals surface area contributed by atoms with E-state index in [1.54, 1.807) is 0 Å². The molecule has 3 N–H and O–H groups in total. The van der Waals surface area contributed by atoms with Gasteiger partial charge in [-0.2, -0.15) is 8.42 Å². The van der Waals surface area contributed by atoms with Gasteiger partial charge in [0, 0.05) is 17.7 Å². The van der Waals surface area contributed by atoms with Crippen LogP contribution in [-0.4, -0.2) is 23.2 Å². The lowest BCUT2D eigenvalue weighted by molar-refractivity contribution is 0.371. The number of fused-ring (bicyclic) bond motifs is 1. The lowest BCUT2D eigenvalue weighted by Gasteiger charge is -2.07. The summed E-state index contributed by atoms with van der Waals surface area (Å²) in [5, 5.41) is 19.3. The zero-order valence-corrected chi connectivity index (χ0v) is 12.6. The molecule has 0 radical (unpaired) electrons. The molecule has 0 atom stereocenters. The second kappa shape index (κ2) is 5.55. The first kappa shape index (κ1) is 15.8. The summed E-state index contributed by atoms with van der Waals surface area (Å²) in [7, 11) is -4.83. The van der Waals surface area contributed by atoms with Gasteiger partial charge in [-0.15, -0.1) is 0 Å². The van der Waals surface area contributed by atoms with Crippen molar-refractivity contribution in [3.05, 3.63) is 52.7 Å². The molecule has 3 rings (SSSR count). The monoisotopic (exact) mass is 350 g/mol. The molecule has 0 aliphatic carbocycles. The van der Waals surface area contributed by atoms with Crippen molar-refractivity contribution in [3.8, 4) is 28.6 Å². The highest BCUT2D eigenvalue weighted by atomic mass is 32.3. The average molecular weight is 350 g/mol. The summed E-state index contributed by atoms with van der Waals surface area (Å²) in [4.78, 5) is 12.1. The van der Waals surface area contributed by atoms with Gasteiger partial charge in [-0.1, -0.05) is 0 Å². The molecular weight excluding hydrogens is 340 g/mol. The van der Waals surface area contributed by atoms with E-state index in [2.05, 4.69) is 4.18 Å². The smallest absolute Gasteiger partial charge is 0.446 e. The van der Waals surface area contributed by atoms with E-state index < -0.39 is 21.9 Å². The first-order chi connectivity index (χ1) is 11.2. The standard InChI is InChI=1S/C15H10O8S/c16-9-2-3-10-12(18)7-13(22-14(10)6-9)8-1-4-11(17)15(5-8)23-24(19,20)21/h1-7,16-17H,(H,19,20,21). The summed E-state index contributed by atoms with van der Waals surface area (Å²) in [6.07, 6.45) is 0. The third-order valence-corrected chi connectivity index (χ3v) is 3.54. The number of benzene rings is 2. The zero-order chi connectivity index (χ0) is 17.5. The SMILES string of the molecule is O=c1cc(-c2ccc(O)c(OS(=O)(=O)O)c2)oc2cc(O)ccc12. The molecule has 8 nitrogen and oxygen atoms in total. The largest absolute Gasteiger partial charge is 0.508 e. The molecule has 0 saturated heterocycles. The number of aromatic hydroxyl groups is 2. The van der Waals surface area contributed by atoms with E-state index in [0.29, 0.717) is 0 Å². The normalized spacial score (nSPS) is 11.5. The fraction of sp³-hybridized carbons (Fsp3) is 0. The van der Waals surface area contributed by atoms with Gasteiger partial charge in [-0.25, -0.2) is 0 Å². The molecule has 0 amide bonds. The Balaban J connectivity index is 2.17. The van der Waals surface area contributed by atoms with Crippen molar-refractivity contribution >= 4 is 21.4 Å². The zero-order valence-electron chi connectivity index (χ0n) is 11.8. The van der Waals surface area contributed by atoms with Gasteiger partial charge < -0.3 is 18.8 Å². The van der Waals surface area contributed by atoms with Crippen LogP contribution in [0.3, 0.4) is 0 Å². The number of phenols is 2. The van der Waals surface area contributed by atoms with Crippen LogP contribution >= 0.6 is 0 Å². The van der Waals surface area contributed by atoms with Gasteiger partial charge in [-0.3, -0.25) is 9.35 Å². The van der Waals surface area contributed by atoms with Crippen LogP contribution in [-0.2, 0) is 10.4 Å². The quantitative estimate of drug-likeness (QED) is 0.611.